The number of benzene rings is 1. The molecule has 1 N–H and O–H groups in total. The fraction of sp³-hybridized carbons (Fsp3) is 0.333. The third kappa shape index (κ3) is 3.90. The van der Waals surface area contributed by atoms with Crippen LogP contribution in [0, 0.1) is 6.92 Å². The summed E-state index contributed by atoms with van der Waals surface area (Å²) in [5, 5.41) is 4.17. The number of nitrogens with zero attached hydrogens (tertiary/aromatic N) is 3. The first-order valence-corrected chi connectivity index (χ1v) is 10.4. The van der Waals surface area contributed by atoms with E-state index in [0.717, 1.165) is 42.6 Å². The molecule has 1 amide bonds. The first-order valence-electron chi connectivity index (χ1n) is 10.4. The Balaban J connectivity index is 1.82. The highest BCUT2D eigenvalue weighted by Gasteiger charge is 2.27. The second-order valence-corrected chi connectivity index (χ2v) is 7.98. The molecule has 0 radical (unpaired) electrons. The summed E-state index contributed by atoms with van der Waals surface area (Å²) in [7, 11) is 0. The molecule has 0 spiro atoms. The predicted molar refractivity (Wildman–Crippen MR) is 118 cm³/mol. The number of piperidine rings is 1. The molecule has 30 heavy (non-hydrogen) atoms. The molecule has 1 aliphatic heterocycles. The molecular weight excluding hydrogens is 376 g/mol. The Hall–Kier alpha value is -3.28. The molecule has 1 fully saturated rings. The molecule has 1 atom stereocenters. The van der Waals surface area contributed by atoms with Crippen LogP contribution in [0.4, 0.5) is 11.4 Å². The topological polar surface area (TPSA) is 75.2 Å². The number of ketones is 1. The SMILES string of the molecule is CC(=O)c1cccc(Nc2c(C(=O)N3CCCC[C@H]3C)cnc3nc(C)ccc23)c1. The van der Waals surface area contributed by atoms with Crippen LogP contribution >= 0.6 is 0 Å². The van der Waals surface area contributed by atoms with Crippen molar-refractivity contribution < 1.29 is 9.59 Å². The lowest BCUT2D eigenvalue weighted by Crippen LogP contribution is -2.42. The molecule has 0 unspecified atom stereocenters. The van der Waals surface area contributed by atoms with Crippen molar-refractivity contribution in [3.05, 3.63) is 59.4 Å². The van der Waals surface area contributed by atoms with Gasteiger partial charge >= 0.3 is 0 Å². The quantitative estimate of drug-likeness (QED) is 0.628. The maximum atomic E-state index is 13.5. The van der Waals surface area contributed by atoms with Gasteiger partial charge in [-0.3, -0.25) is 9.59 Å². The van der Waals surface area contributed by atoms with Crippen molar-refractivity contribution in [1.29, 1.82) is 0 Å². The van der Waals surface area contributed by atoms with Gasteiger partial charge in [0.15, 0.2) is 11.4 Å². The van der Waals surface area contributed by atoms with Crippen LogP contribution in [0.5, 0.6) is 0 Å². The average molecular weight is 402 g/mol. The first kappa shape index (κ1) is 20.0. The normalized spacial score (nSPS) is 16.5. The number of fused-ring (bicyclic) bond motifs is 1. The van der Waals surface area contributed by atoms with E-state index in [4.69, 9.17) is 0 Å². The lowest BCUT2D eigenvalue weighted by Gasteiger charge is -2.34. The van der Waals surface area contributed by atoms with Crippen LogP contribution in [-0.4, -0.2) is 39.1 Å². The number of hydrogen-bond acceptors (Lipinski definition) is 5. The molecule has 1 aliphatic rings. The van der Waals surface area contributed by atoms with Gasteiger partial charge in [-0.1, -0.05) is 12.1 Å². The molecule has 1 aromatic carbocycles. The van der Waals surface area contributed by atoms with Crippen LogP contribution in [0.15, 0.2) is 42.6 Å². The maximum absolute atomic E-state index is 13.5. The first-order chi connectivity index (χ1) is 14.4. The lowest BCUT2D eigenvalue weighted by molar-refractivity contribution is 0.0636. The minimum absolute atomic E-state index is 0.00558. The summed E-state index contributed by atoms with van der Waals surface area (Å²) in [6.45, 7) is 6.31. The molecule has 0 bridgehead atoms. The van der Waals surface area contributed by atoms with Gasteiger partial charge in [0.1, 0.15) is 0 Å². The van der Waals surface area contributed by atoms with Crippen LogP contribution in [0.25, 0.3) is 11.0 Å². The van der Waals surface area contributed by atoms with Gasteiger partial charge < -0.3 is 10.2 Å². The molecule has 0 aliphatic carbocycles. The third-order valence-electron chi connectivity index (χ3n) is 5.70. The number of pyridine rings is 2. The monoisotopic (exact) mass is 402 g/mol. The van der Waals surface area contributed by atoms with E-state index < -0.39 is 0 Å². The van der Waals surface area contributed by atoms with E-state index >= 15 is 0 Å². The molecule has 3 heterocycles. The van der Waals surface area contributed by atoms with E-state index in [1.54, 1.807) is 25.3 Å². The van der Waals surface area contributed by atoms with Gasteiger partial charge in [-0.05, 0) is 64.3 Å². The van der Waals surface area contributed by atoms with E-state index in [1.165, 1.54) is 0 Å². The summed E-state index contributed by atoms with van der Waals surface area (Å²) >= 11 is 0. The molecular formula is C24H26N4O2. The Labute approximate surface area is 176 Å². The van der Waals surface area contributed by atoms with Crippen molar-refractivity contribution in [3.63, 3.8) is 0 Å². The van der Waals surface area contributed by atoms with Gasteiger partial charge in [0.05, 0.1) is 11.3 Å². The molecule has 6 nitrogen and oxygen atoms in total. The van der Waals surface area contributed by atoms with Crippen molar-refractivity contribution in [3.8, 4) is 0 Å². The smallest absolute Gasteiger partial charge is 0.257 e. The van der Waals surface area contributed by atoms with E-state index in [0.29, 0.717) is 22.5 Å². The van der Waals surface area contributed by atoms with E-state index in [-0.39, 0.29) is 17.7 Å². The summed E-state index contributed by atoms with van der Waals surface area (Å²) in [5.41, 5.74) is 4.01. The Morgan fingerprint density at radius 1 is 1.17 bits per heavy atom. The van der Waals surface area contributed by atoms with Gasteiger partial charge in [0, 0.05) is 41.1 Å². The molecule has 3 aromatic rings. The molecule has 4 rings (SSSR count). The highest BCUT2D eigenvalue weighted by atomic mass is 16.2. The molecule has 6 heteroatoms. The second kappa shape index (κ2) is 8.22. The number of aryl methyl sites for hydroxylation is 1. The van der Waals surface area contributed by atoms with Gasteiger partial charge in [-0.15, -0.1) is 0 Å². The zero-order valence-corrected chi connectivity index (χ0v) is 17.6. The number of carbonyl (C=O) groups excluding carboxylic acids is 2. The van der Waals surface area contributed by atoms with Crippen molar-refractivity contribution in [2.75, 3.05) is 11.9 Å². The fourth-order valence-electron chi connectivity index (χ4n) is 3.98. The zero-order chi connectivity index (χ0) is 21.3. The van der Waals surface area contributed by atoms with E-state index in [2.05, 4.69) is 22.2 Å². The summed E-state index contributed by atoms with van der Waals surface area (Å²) in [5.74, 6) is -0.0311. The zero-order valence-electron chi connectivity index (χ0n) is 17.6. The van der Waals surface area contributed by atoms with Crippen LogP contribution in [0.1, 0.15) is 59.5 Å². The third-order valence-corrected chi connectivity index (χ3v) is 5.70. The number of aromatic nitrogens is 2. The fourth-order valence-corrected chi connectivity index (χ4v) is 3.98. The van der Waals surface area contributed by atoms with Crippen molar-refractivity contribution in [2.24, 2.45) is 0 Å². The number of Topliss-reactive ketones (excluding diaryl/α,β-unsaturated/α-hetero) is 1. The lowest BCUT2D eigenvalue weighted by atomic mass is 10.0. The number of amides is 1. The second-order valence-electron chi connectivity index (χ2n) is 7.98. The van der Waals surface area contributed by atoms with E-state index in [9.17, 15) is 9.59 Å². The summed E-state index contributed by atoms with van der Waals surface area (Å²) in [6.07, 6.45) is 4.79. The highest BCUT2D eigenvalue weighted by Crippen LogP contribution is 2.31. The maximum Gasteiger partial charge on any atom is 0.257 e. The standard InChI is InChI=1S/C24H26N4O2/c1-15-10-11-20-22(27-19-9-6-8-18(13-19)17(3)29)21(14-25-23(20)26-15)24(30)28-12-5-4-7-16(28)2/h6,8-11,13-14,16H,4-5,7,12H2,1-3H3,(H,25,26,27)/t16-/m1/s1. The number of carbonyl (C=O) groups is 2. The Bertz CT molecular complexity index is 1130. The van der Waals surface area contributed by atoms with E-state index in [1.807, 2.05) is 36.1 Å². The summed E-state index contributed by atoms with van der Waals surface area (Å²) < 4.78 is 0. The minimum atomic E-state index is -0.0256. The number of anilines is 2. The number of nitrogens with one attached hydrogen (secondary N) is 1. The minimum Gasteiger partial charge on any atom is -0.354 e. The summed E-state index contributed by atoms with van der Waals surface area (Å²) in [4.78, 5) is 36.2. The molecule has 0 saturated carbocycles. The van der Waals surface area contributed by atoms with Crippen LogP contribution in [0.2, 0.25) is 0 Å². The Morgan fingerprint density at radius 2 is 2.00 bits per heavy atom. The van der Waals surface area contributed by atoms with Crippen molar-refractivity contribution >= 4 is 34.1 Å². The van der Waals surface area contributed by atoms with Gasteiger partial charge in [-0.2, -0.15) is 0 Å². The number of hydrogen-bond donors (Lipinski definition) is 1. The Kier molecular flexibility index (Phi) is 5.48. The predicted octanol–water partition coefficient (Wildman–Crippen LogP) is 4.90. The summed E-state index contributed by atoms with van der Waals surface area (Å²) in [6, 6.07) is 11.4. The van der Waals surface area contributed by atoms with Gasteiger partial charge in [0.25, 0.3) is 5.91 Å². The van der Waals surface area contributed by atoms with Crippen molar-refractivity contribution in [2.45, 2.75) is 46.1 Å². The Morgan fingerprint density at radius 3 is 2.77 bits per heavy atom. The number of likely N-dealkylation sites (tertiary alicyclic amines) is 1. The molecule has 2 aromatic heterocycles. The molecule has 1 saturated heterocycles. The molecule has 154 valence electrons. The van der Waals surface area contributed by atoms with Crippen molar-refractivity contribution in [1.82, 2.24) is 14.9 Å². The van der Waals surface area contributed by atoms with Crippen LogP contribution in [-0.2, 0) is 0 Å². The largest absolute Gasteiger partial charge is 0.354 e. The highest BCUT2D eigenvalue weighted by molar-refractivity contribution is 6.07. The van der Waals surface area contributed by atoms with Crippen LogP contribution < -0.4 is 5.32 Å². The average Bonchev–Trinajstić information content (AvgIpc) is 2.74. The van der Waals surface area contributed by atoms with Gasteiger partial charge in [-0.25, -0.2) is 9.97 Å². The van der Waals surface area contributed by atoms with Crippen LogP contribution in [0.3, 0.4) is 0 Å². The number of rotatable bonds is 4. The van der Waals surface area contributed by atoms with Gasteiger partial charge in [0.2, 0.25) is 0 Å².